The molecule has 1 fully saturated rings. The Labute approximate surface area is 189 Å². The maximum absolute atomic E-state index is 15.0. The van der Waals surface area contributed by atoms with Crippen LogP contribution in [0, 0.1) is 5.82 Å². The lowest BCUT2D eigenvalue weighted by Crippen LogP contribution is -2.42. The first-order valence-corrected chi connectivity index (χ1v) is 11.0. The molecule has 3 heterocycles. The number of anilines is 1. The minimum atomic E-state index is -0.664. The normalized spacial score (nSPS) is 19.2. The number of hydrogen-bond donors (Lipinski definition) is 2. The average molecular weight is 465 g/mol. The van der Waals surface area contributed by atoms with Gasteiger partial charge in [-0.05, 0) is 35.6 Å². The van der Waals surface area contributed by atoms with Crippen molar-refractivity contribution in [3.05, 3.63) is 46.5 Å². The van der Waals surface area contributed by atoms with E-state index in [1.807, 2.05) is 19.9 Å². The Bertz CT molecular complexity index is 1110. The van der Waals surface area contributed by atoms with Crippen LogP contribution in [0.4, 0.5) is 10.3 Å². The Balaban J connectivity index is 1.80. The van der Waals surface area contributed by atoms with Crippen molar-refractivity contribution >= 4 is 40.1 Å². The average Bonchev–Trinajstić information content (AvgIpc) is 2.75. The molecular formula is C22H23Cl2FN4O2. The van der Waals surface area contributed by atoms with Crippen molar-refractivity contribution in [1.29, 1.82) is 0 Å². The summed E-state index contributed by atoms with van der Waals surface area (Å²) >= 11 is 12.5. The molecule has 9 heteroatoms. The molecule has 0 amide bonds. The predicted octanol–water partition coefficient (Wildman–Crippen LogP) is 4.91. The second kappa shape index (κ2) is 9.20. The smallest absolute Gasteiger partial charge is 0.223 e. The predicted molar refractivity (Wildman–Crippen MR) is 120 cm³/mol. The van der Waals surface area contributed by atoms with Crippen molar-refractivity contribution in [3.63, 3.8) is 0 Å². The van der Waals surface area contributed by atoms with Crippen LogP contribution in [-0.4, -0.2) is 45.4 Å². The minimum absolute atomic E-state index is 0.127. The number of hydrogen-bond acceptors (Lipinski definition) is 6. The number of pyridine rings is 1. The highest BCUT2D eigenvalue weighted by atomic mass is 35.5. The molecule has 4 rings (SSSR count). The number of benzene rings is 1. The molecule has 0 saturated carbocycles. The van der Waals surface area contributed by atoms with Crippen LogP contribution in [0.3, 0.4) is 0 Å². The lowest BCUT2D eigenvalue weighted by Gasteiger charge is -2.28. The molecule has 1 aliphatic heterocycles. The third kappa shape index (κ3) is 4.46. The molecule has 0 unspecified atom stereocenters. The standard InChI is InChI=1S/C22H23Cl2FN4O2/c1-11(2)19-13(7-23)8-26-21-14(19)5-12(6-16(21)25)20-15(24)9-27-22(29-20)28-17-3-4-31-10-18(17)30/h5-6,8-9,11,17-18,30H,3-4,7,10H2,1-2H3,(H,27,28,29)/t17-,18+/m1/s1. The molecule has 2 atom stereocenters. The number of halogens is 3. The fraction of sp³-hybridized carbons (Fsp3) is 0.409. The Morgan fingerprint density at radius 3 is 2.81 bits per heavy atom. The van der Waals surface area contributed by atoms with E-state index < -0.39 is 11.9 Å². The third-order valence-electron chi connectivity index (χ3n) is 5.43. The van der Waals surface area contributed by atoms with E-state index >= 15 is 4.39 Å². The zero-order chi connectivity index (χ0) is 22.1. The van der Waals surface area contributed by atoms with Crippen molar-refractivity contribution < 1.29 is 14.2 Å². The molecule has 1 aliphatic rings. The topological polar surface area (TPSA) is 80.2 Å². The molecule has 164 valence electrons. The Kier molecular flexibility index (Phi) is 6.57. The number of nitrogens with one attached hydrogen (secondary N) is 1. The van der Waals surface area contributed by atoms with Crippen LogP contribution in [0.5, 0.6) is 0 Å². The number of aromatic nitrogens is 3. The van der Waals surface area contributed by atoms with Crippen LogP contribution in [0.15, 0.2) is 24.5 Å². The zero-order valence-electron chi connectivity index (χ0n) is 17.2. The van der Waals surface area contributed by atoms with Gasteiger partial charge in [0.2, 0.25) is 5.95 Å². The first-order chi connectivity index (χ1) is 14.9. The van der Waals surface area contributed by atoms with Crippen LogP contribution >= 0.6 is 23.2 Å². The van der Waals surface area contributed by atoms with Crippen molar-refractivity contribution in [2.45, 2.75) is 44.2 Å². The van der Waals surface area contributed by atoms with Crippen LogP contribution in [0.2, 0.25) is 5.02 Å². The number of ether oxygens (including phenoxy) is 1. The largest absolute Gasteiger partial charge is 0.389 e. The van der Waals surface area contributed by atoms with Gasteiger partial charge in [-0.2, -0.15) is 0 Å². The number of alkyl halides is 1. The van der Waals surface area contributed by atoms with Crippen molar-refractivity contribution in [2.24, 2.45) is 0 Å². The SMILES string of the molecule is CC(C)c1c(CCl)cnc2c(F)cc(-c3nc(N[C@@H]4CCOC[C@@H]4O)ncc3Cl)cc12. The second-order valence-corrected chi connectivity index (χ2v) is 8.59. The number of nitrogens with zero attached hydrogens (tertiary/aromatic N) is 3. The summed E-state index contributed by atoms with van der Waals surface area (Å²) in [6.45, 7) is 4.86. The van der Waals surface area contributed by atoms with Gasteiger partial charge in [0.05, 0.1) is 35.7 Å². The number of aliphatic hydroxyl groups excluding tert-OH is 1. The van der Waals surface area contributed by atoms with E-state index in [2.05, 4.69) is 20.3 Å². The van der Waals surface area contributed by atoms with Crippen LogP contribution in [-0.2, 0) is 10.6 Å². The van der Waals surface area contributed by atoms with E-state index in [9.17, 15) is 5.11 Å². The second-order valence-electron chi connectivity index (χ2n) is 7.91. The molecule has 2 N–H and O–H groups in total. The van der Waals surface area contributed by atoms with Gasteiger partial charge in [0, 0.05) is 29.6 Å². The summed E-state index contributed by atoms with van der Waals surface area (Å²) in [5, 5.41) is 14.2. The van der Waals surface area contributed by atoms with Gasteiger partial charge < -0.3 is 15.2 Å². The number of fused-ring (bicyclic) bond motifs is 1. The number of aliphatic hydroxyl groups is 1. The van der Waals surface area contributed by atoms with Gasteiger partial charge in [0.15, 0.2) is 0 Å². The van der Waals surface area contributed by atoms with Gasteiger partial charge in [0.1, 0.15) is 11.3 Å². The van der Waals surface area contributed by atoms with Crippen LogP contribution < -0.4 is 5.32 Å². The van der Waals surface area contributed by atoms with Crippen molar-refractivity contribution in [3.8, 4) is 11.3 Å². The van der Waals surface area contributed by atoms with Gasteiger partial charge in [-0.25, -0.2) is 14.4 Å². The van der Waals surface area contributed by atoms with E-state index in [4.69, 9.17) is 27.9 Å². The quantitative estimate of drug-likeness (QED) is 0.522. The lowest BCUT2D eigenvalue weighted by atomic mass is 9.93. The minimum Gasteiger partial charge on any atom is -0.389 e. The summed E-state index contributed by atoms with van der Waals surface area (Å²) in [7, 11) is 0. The highest BCUT2D eigenvalue weighted by Crippen LogP contribution is 2.35. The van der Waals surface area contributed by atoms with E-state index in [0.29, 0.717) is 40.6 Å². The maximum atomic E-state index is 15.0. The van der Waals surface area contributed by atoms with Gasteiger partial charge in [-0.3, -0.25) is 4.98 Å². The van der Waals surface area contributed by atoms with Gasteiger partial charge in [0.25, 0.3) is 0 Å². The lowest BCUT2D eigenvalue weighted by molar-refractivity contribution is -0.0136. The van der Waals surface area contributed by atoms with Crippen LogP contribution in [0.25, 0.3) is 22.2 Å². The molecule has 1 saturated heterocycles. The summed E-state index contributed by atoms with van der Waals surface area (Å²) in [4.78, 5) is 13.0. The fourth-order valence-electron chi connectivity index (χ4n) is 3.94. The van der Waals surface area contributed by atoms with E-state index in [-0.39, 0.29) is 30.0 Å². The molecule has 6 nitrogen and oxygen atoms in total. The summed E-state index contributed by atoms with van der Waals surface area (Å²) in [6.07, 6.45) is 3.06. The molecule has 31 heavy (non-hydrogen) atoms. The van der Waals surface area contributed by atoms with Crippen molar-refractivity contribution in [1.82, 2.24) is 15.0 Å². The maximum Gasteiger partial charge on any atom is 0.223 e. The molecular weight excluding hydrogens is 442 g/mol. The first-order valence-electron chi connectivity index (χ1n) is 10.1. The van der Waals surface area contributed by atoms with Crippen LogP contribution in [0.1, 0.15) is 37.3 Å². The molecule has 0 radical (unpaired) electrons. The van der Waals surface area contributed by atoms with E-state index in [0.717, 1.165) is 11.1 Å². The molecule has 0 aliphatic carbocycles. The molecule has 0 spiro atoms. The summed E-state index contributed by atoms with van der Waals surface area (Å²) in [6, 6.07) is 2.98. The van der Waals surface area contributed by atoms with Gasteiger partial charge >= 0.3 is 0 Å². The molecule has 3 aromatic rings. The van der Waals surface area contributed by atoms with E-state index in [1.165, 1.54) is 12.3 Å². The Morgan fingerprint density at radius 1 is 1.29 bits per heavy atom. The number of rotatable bonds is 5. The molecule has 1 aromatic carbocycles. The molecule has 0 bridgehead atoms. The summed E-state index contributed by atoms with van der Waals surface area (Å²) in [5.74, 6) is 0.266. The van der Waals surface area contributed by atoms with E-state index in [1.54, 1.807) is 6.20 Å². The van der Waals surface area contributed by atoms with Gasteiger partial charge in [-0.1, -0.05) is 25.4 Å². The monoisotopic (exact) mass is 464 g/mol. The fourth-order valence-corrected chi connectivity index (χ4v) is 4.35. The third-order valence-corrected chi connectivity index (χ3v) is 5.99. The van der Waals surface area contributed by atoms with Gasteiger partial charge in [-0.15, -0.1) is 11.6 Å². The zero-order valence-corrected chi connectivity index (χ0v) is 18.7. The highest BCUT2D eigenvalue weighted by Gasteiger charge is 2.25. The summed E-state index contributed by atoms with van der Waals surface area (Å²) < 4.78 is 20.3. The first kappa shape index (κ1) is 22.1. The Hall–Kier alpha value is -2.06. The Morgan fingerprint density at radius 2 is 2.10 bits per heavy atom. The highest BCUT2D eigenvalue weighted by molar-refractivity contribution is 6.33. The van der Waals surface area contributed by atoms with Crippen molar-refractivity contribution in [2.75, 3.05) is 18.5 Å². The molecule has 2 aromatic heterocycles. The summed E-state index contributed by atoms with van der Waals surface area (Å²) in [5.41, 5.74) is 3.02.